The summed E-state index contributed by atoms with van der Waals surface area (Å²) in [6.45, 7) is 8.20. The summed E-state index contributed by atoms with van der Waals surface area (Å²) in [5.74, 6) is 0. The summed E-state index contributed by atoms with van der Waals surface area (Å²) in [7, 11) is 0. The van der Waals surface area contributed by atoms with Gasteiger partial charge in [-0.1, -0.05) is 26.2 Å². The average molecular weight is 415 g/mol. The highest BCUT2D eigenvalue weighted by Gasteiger charge is 2.42. The molecule has 0 nitrogen and oxygen atoms in total. The van der Waals surface area contributed by atoms with Gasteiger partial charge in [-0.15, -0.1) is 44.3 Å². The molecule has 0 aliphatic carbocycles. The van der Waals surface area contributed by atoms with Crippen molar-refractivity contribution in [2.75, 3.05) is 0 Å². The molecule has 0 rings (SSSR count). The molecule has 0 aliphatic heterocycles. The Morgan fingerprint density at radius 3 is 0.500 bits per heavy atom. The molecule has 0 N–H and O–H groups in total. The van der Waals surface area contributed by atoms with E-state index in [4.69, 9.17) is 66.5 Å². The van der Waals surface area contributed by atoms with Crippen LogP contribution in [-0.4, -0.2) is 26.2 Å². The normalized spacial score (nSPS) is 14.2. The molecule has 10 heteroatoms. The molecule has 0 fully saturated rings. The lowest BCUT2D eigenvalue weighted by Gasteiger charge is -2.21. The van der Waals surface area contributed by atoms with Gasteiger partial charge in [0.15, 0.2) is 13.8 Å². The highest BCUT2D eigenvalue weighted by atomic mass is 35.7. The first-order chi connectivity index (χ1) is 6.50. The van der Waals surface area contributed by atoms with E-state index in [0.717, 1.165) is 0 Å². The van der Waals surface area contributed by atoms with Gasteiger partial charge in [0.1, 0.15) is 0 Å². The van der Waals surface area contributed by atoms with Crippen molar-refractivity contribution in [2.45, 2.75) is 39.3 Å². The minimum absolute atomic E-state index is 1.72. The molecule has 0 amide bonds. The Morgan fingerprint density at radius 2 is 0.500 bits per heavy atom. The maximum atomic E-state index is 5.95. The van der Waals surface area contributed by atoms with E-state index < -0.39 is 26.2 Å². The van der Waals surface area contributed by atoms with E-state index >= 15 is 0 Å². The van der Waals surface area contributed by atoms with Crippen molar-refractivity contribution in [1.82, 2.24) is 0 Å². The minimum atomic E-state index is -2.01. The van der Waals surface area contributed by atoms with Gasteiger partial charge in [-0.05, 0) is 13.1 Å². The van der Waals surface area contributed by atoms with Gasteiger partial charge in [0, 0.05) is 0 Å². The lowest BCUT2D eigenvalue weighted by Crippen LogP contribution is -2.43. The maximum absolute atomic E-state index is 5.95. The molecule has 0 saturated heterocycles. The highest BCUT2D eigenvalue weighted by Crippen LogP contribution is 2.30. The van der Waals surface area contributed by atoms with Gasteiger partial charge in [-0.3, -0.25) is 0 Å². The van der Waals surface area contributed by atoms with Crippen LogP contribution in [0, 0.1) is 0 Å². The van der Waals surface area contributed by atoms with E-state index in [1.165, 1.54) is 0 Å². The Morgan fingerprint density at radius 1 is 0.438 bits per heavy atom. The standard InChI is InChI=1S/2C3H9Cl3Si2/c2*1-7(2,4)8(3,5)6/h2*1-3H3. The Kier molecular flexibility index (Phi) is 8.97. The second-order valence-electron chi connectivity index (χ2n) is 4.72. The van der Waals surface area contributed by atoms with Crippen LogP contribution >= 0.6 is 66.5 Å². The van der Waals surface area contributed by atoms with Crippen molar-refractivity contribution >= 4 is 92.7 Å². The fourth-order valence-corrected chi connectivity index (χ4v) is 0. The summed E-state index contributed by atoms with van der Waals surface area (Å²) in [6.07, 6.45) is -4.02. The maximum Gasteiger partial charge on any atom is 0.253 e. The van der Waals surface area contributed by atoms with Crippen LogP contribution in [0.4, 0.5) is 0 Å². The summed E-state index contributed by atoms with van der Waals surface area (Å²) in [4.78, 5) is 0. The van der Waals surface area contributed by atoms with Crippen LogP contribution in [-0.2, 0) is 0 Å². The van der Waals surface area contributed by atoms with Gasteiger partial charge in [-0.25, -0.2) is 0 Å². The Hall–Kier alpha value is 2.61. The summed E-state index contributed by atoms with van der Waals surface area (Å²) >= 11 is 35.3. The van der Waals surface area contributed by atoms with Crippen molar-refractivity contribution in [3.8, 4) is 0 Å². The molecular formula is C6H18Cl6Si4. The van der Waals surface area contributed by atoms with E-state index in [0.29, 0.717) is 0 Å². The molecule has 0 aromatic heterocycles. The summed E-state index contributed by atoms with van der Waals surface area (Å²) in [5.41, 5.74) is 0. The molecule has 16 heavy (non-hydrogen) atoms. The van der Waals surface area contributed by atoms with Crippen molar-refractivity contribution in [3.05, 3.63) is 0 Å². The number of hydrogen-bond donors (Lipinski definition) is 0. The molecule has 0 atom stereocenters. The number of rotatable bonds is 2. The monoisotopic (exact) mass is 412 g/mol. The molecule has 0 bridgehead atoms. The lowest BCUT2D eigenvalue weighted by atomic mass is 11.9. The quantitative estimate of drug-likeness (QED) is 0.377. The van der Waals surface area contributed by atoms with E-state index in [2.05, 4.69) is 0 Å². The third kappa shape index (κ3) is 9.53. The second kappa shape index (κ2) is 6.86. The second-order valence-corrected chi connectivity index (χ2v) is 49.3. The molecular weight excluding hydrogens is 397 g/mol. The number of halogens is 6. The minimum Gasteiger partial charge on any atom is -0.168 e. The van der Waals surface area contributed by atoms with Crippen LogP contribution in [0.2, 0.25) is 39.3 Å². The summed E-state index contributed by atoms with van der Waals surface area (Å²) in [6, 6.07) is 0. The summed E-state index contributed by atoms with van der Waals surface area (Å²) in [5, 5.41) is 0. The first-order valence-corrected chi connectivity index (χ1v) is 23.7. The molecule has 0 unspecified atom stereocenters. The van der Waals surface area contributed by atoms with Crippen molar-refractivity contribution in [2.24, 2.45) is 0 Å². The third-order valence-electron chi connectivity index (χ3n) is 2.09. The van der Waals surface area contributed by atoms with E-state index in [-0.39, 0.29) is 0 Å². The SMILES string of the molecule is C[Si](C)(Cl)[Si](C)(Cl)Cl.C[Si](C)(Cl)[Si](C)(Cl)Cl. The zero-order valence-corrected chi connectivity index (χ0v) is 18.8. The number of hydrogen-bond acceptors (Lipinski definition) is 0. The Labute approximate surface area is 131 Å². The lowest BCUT2D eigenvalue weighted by molar-refractivity contribution is 2.01. The van der Waals surface area contributed by atoms with Gasteiger partial charge >= 0.3 is 0 Å². The van der Waals surface area contributed by atoms with Crippen LogP contribution in [0.25, 0.3) is 0 Å². The van der Waals surface area contributed by atoms with Crippen molar-refractivity contribution < 1.29 is 0 Å². The Balaban J connectivity index is 0. The van der Waals surface area contributed by atoms with Crippen LogP contribution in [0.3, 0.4) is 0 Å². The van der Waals surface area contributed by atoms with Gasteiger partial charge in [0.05, 0.1) is 0 Å². The zero-order valence-electron chi connectivity index (χ0n) is 10.3. The first kappa shape index (κ1) is 20.9. The molecule has 100 valence electrons. The predicted octanol–water partition coefficient (Wildman–Crippen LogP) is 6.12. The largest absolute Gasteiger partial charge is 0.253 e. The average Bonchev–Trinajstić information content (AvgIpc) is 1.77. The molecule has 0 spiro atoms. The van der Waals surface area contributed by atoms with Crippen LogP contribution in [0.5, 0.6) is 0 Å². The molecule has 0 aliphatic rings. The molecule has 0 aromatic rings. The molecule has 0 radical (unpaired) electrons. The van der Waals surface area contributed by atoms with Gasteiger partial charge in [-0.2, -0.15) is 22.2 Å². The summed E-state index contributed by atoms with van der Waals surface area (Å²) < 4.78 is 0. The highest BCUT2D eigenvalue weighted by molar-refractivity contribution is 7.83. The van der Waals surface area contributed by atoms with Gasteiger partial charge < -0.3 is 0 Å². The predicted molar refractivity (Wildman–Crippen MR) is 93.3 cm³/mol. The van der Waals surface area contributed by atoms with Crippen LogP contribution < -0.4 is 0 Å². The fourth-order valence-electron chi connectivity index (χ4n) is 0. The topological polar surface area (TPSA) is 0 Å². The molecule has 0 heterocycles. The molecule has 0 aromatic carbocycles. The first-order valence-electron chi connectivity index (χ1n) is 4.63. The van der Waals surface area contributed by atoms with E-state index in [1.807, 2.05) is 39.3 Å². The van der Waals surface area contributed by atoms with Gasteiger partial charge in [0.25, 0.3) is 12.4 Å². The van der Waals surface area contributed by atoms with Crippen LogP contribution in [0.1, 0.15) is 0 Å². The third-order valence-corrected chi connectivity index (χ3v) is 46.1. The van der Waals surface area contributed by atoms with E-state index in [1.54, 1.807) is 0 Å². The van der Waals surface area contributed by atoms with Crippen molar-refractivity contribution in [1.29, 1.82) is 0 Å². The Bertz CT molecular complexity index is 159. The van der Waals surface area contributed by atoms with Gasteiger partial charge in [0.2, 0.25) is 0 Å². The van der Waals surface area contributed by atoms with Crippen LogP contribution in [0.15, 0.2) is 0 Å². The molecule has 0 saturated carbocycles. The fraction of sp³-hybridized carbons (Fsp3) is 1.00. The smallest absolute Gasteiger partial charge is 0.168 e. The zero-order chi connectivity index (χ0) is 14.0. The van der Waals surface area contributed by atoms with E-state index in [9.17, 15) is 0 Å². The van der Waals surface area contributed by atoms with Crippen molar-refractivity contribution in [3.63, 3.8) is 0 Å².